The average molecular weight is 233 g/mol. The maximum atomic E-state index is 11.3. The SMILES string of the molecule is COCc1cccc(-n2nccn2)c1C(=O)O. The fourth-order valence-electron chi connectivity index (χ4n) is 1.62. The highest BCUT2D eigenvalue weighted by atomic mass is 16.5. The molecule has 0 bridgehead atoms. The number of methoxy groups -OCH3 is 1. The Morgan fingerprint density at radius 1 is 1.41 bits per heavy atom. The third kappa shape index (κ3) is 2.16. The molecule has 6 nitrogen and oxygen atoms in total. The molecule has 1 aromatic heterocycles. The third-order valence-corrected chi connectivity index (χ3v) is 2.28. The van der Waals surface area contributed by atoms with Crippen molar-refractivity contribution in [3.63, 3.8) is 0 Å². The van der Waals surface area contributed by atoms with Crippen LogP contribution in [0.3, 0.4) is 0 Å². The number of nitrogens with zero attached hydrogens (tertiary/aromatic N) is 3. The number of benzene rings is 1. The third-order valence-electron chi connectivity index (χ3n) is 2.28. The minimum Gasteiger partial charge on any atom is -0.478 e. The molecule has 0 spiro atoms. The molecule has 0 saturated heterocycles. The lowest BCUT2D eigenvalue weighted by Crippen LogP contribution is -2.11. The molecule has 1 aromatic carbocycles. The van der Waals surface area contributed by atoms with Gasteiger partial charge in [0, 0.05) is 7.11 Å². The summed E-state index contributed by atoms with van der Waals surface area (Å²) in [6, 6.07) is 5.11. The molecule has 2 aromatic rings. The van der Waals surface area contributed by atoms with Gasteiger partial charge in [-0.15, -0.1) is 0 Å². The standard InChI is InChI=1S/C11H11N3O3/c1-17-7-8-3-2-4-9(10(8)11(15)16)14-12-5-6-13-14/h2-6H,7H2,1H3,(H,15,16). The van der Waals surface area contributed by atoms with Gasteiger partial charge in [-0.2, -0.15) is 15.0 Å². The molecule has 0 radical (unpaired) electrons. The summed E-state index contributed by atoms with van der Waals surface area (Å²) in [5.41, 5.74) is 1.18. The van der Waals surface area contributed by atoms with Crippen molar-refractivity contribution in [3.05, 3.63) is 41.7 Å². The molecule has 88 valence electrons. The van der Waals surface area contributed by atoms with E-state index in [4.69, 9.17) is 4.74 Å². The molecular weight excluding hydrogens is 222 g/mol. The molecule has 1 N–H and O–H groups in total. The fourth-order valence-corrected chi connectivity index (χ4v) is 1.62. The van der Waals surface area contributed by atoms with Gasteiger partial charge in [-0.05, 0) is 11.6 Å². The van der Waals surface area contributed by atoms with Gasteiger partial charge in [0.2, 0.25) is 0 Å². The second kappa shape index (κ2) is 4.75. The number of aromatic nitrogens is 3. The van der Waals surface area contributed by atoms with E-state index in [0.29, 0.717) is 11.3 Å². The van der Waals surface area contributed by atoms with Crippen molar-refractivity contribution in [2.24, 2.45) is 0 Å². The van der Waals surface area contributed by atoms with Gasteiger partial charge < -0.3 is 9.84 Å². The fraction of sp³-hybridized carbons (Fsp3) is 0.182. The van der Waals surface area contributed by atoms with Crippen LogP contribution in [0.25, 0.3) is 5.69 Å². The van der Waals surface area contributed by atoms with Crippen LogP contribution in [0.2, 0.25) is 0 Å². The second-order valence-electron chi connectivity index (χ2n) is 3.37. The zero-order valence-electron chi connectivity index (χ0n) is 9.20. The predicted octanol–water partition coefficient (Wildman–Crippen LogP) is 1.11. The number of aromatic carboxylic acids is 1. The normalized spacial score (nSPS) is 10.4. The van der Waals surface area contributed by atoms with Crippen LogP contribution in [0, 0.1) is 0 Å². The van der Waals surface area contributed by atoms with E-state index >= 15 is 0 Å². The lowest BCUT2D eigenvalue weighted by molar-refractivity contribution is 0.0691. The summed E-state index contributed by atoms with van der Waals surface area (Å²) in [4.78, 5) is 12.6. The highest BCUT2D eigenvalue weighted by Crippen LogP contribution is 2.18. The molecule has 1 heterocycles. The molecule has 0 amide bonds. The molecule has 0 aliphatic rings. The van der Waals surface area contributed by atoms with Gasteiger partial charge in [0.25, 0.3) is 0 Å². The maximum Gasteiger partial charge on any atom is 0.338 e. The van der Waals surface area contributed by atoms with Crippen molar-refractivity contribution in [1.29, 1.82) is 0 Å². The number of carbonyl (C=O) groups is 1. The molecule has 0 saturated carbocycles. The Morgan fingerprint density at radius 2 is 2.12 bits per heavy atom. The molecule has 0 aliphatic heterocycles. The van der Waals surface area contributed by atoms with Crippen LogP contribution in [0.15, 0.2) is 30.6 Å². The molecule has 0 unspecified atom stereocenters. The van der Waals surface area contributed by atoms with Gasteiger partial charge in [0.05, 0.1) is 24.6 Å². The first-order valence-corrected chi connectivity index (χ1v) is 4.95. The van der Waals surface area contributed by atoms with E-state index in [1.54, 1.807) is 18.2 Å². The molecule has 0 aliphatic carbocycles. The number of hydrogen-bond acceptors (Lipinski definition) is 4. The average Bonchev–Trinajstić information content (AvgIpc) is 2.82. The van der Waals surface area contributed by atoms with Crippen LogP contribution in [0.1, 0.15) is 15.9 Å². The van der Waals surface area contributed by atoms with Crippen LogP contribution in [0.4, 0.5) is 0 Å². The molecule has 6 heteroatoms. The topological polar surface area (TPSA) is 77.2 Å². The summed E-state index contributed by atoms with van der Waals surface area (Å²) in [6.07, 6.45) is 2.99. The number of carboxylic acid groups (broad SMARTS) is 1. The van der Waals surface area contributed by atoms with Gasteiger partial charge in [-0.3, -0.25) is 0 Å². The molecule has 0 atom stereocenters. The summed E-state index contributed by atoms with van der Waals surface area (Å²) < 4.78 is 4.98. The smallest absolute Gasteiger partial charge is 0.338 e. The maximum absolute atomic E-state index is 11.3. The highest BCUT2D eigenvalue weighted by Gasteiger charge is 2.17. The van der Waals surface area contributed by atoms with Crippen molar-refractivity contribution >= 4 is 5.97 Å². The van der Waals surface area contributed by atoms with Gasteiger partial charge in [0.15, 0.2) is 0 Å². The first-order chi connectivity index (χ1) is 8.24. The van der Waals surface area contributed by atoms with Gasteiger partial charge in [-0.25, -0.2) is 4.79 Å². The molecular formula is C11H11N3O3. The molecule has 2 rings (SSSR count). The Kier molecular flexibility index (Phi) is 3.15. The van der Waals surface area contributed by atoms with E-state index < -0.39 is 5.97 Å². The largest absolute Gasteiger partial charge is 0.478 e. The number of rotatable bonds is 4. The Bertz CT molecular complexity index is 523. The van der Waals surface area contributed by atoms with Gasteiger partial charge in [0.1, 0.15) is 5.69 Å². The zero-order chi connectivity index (χ0) is 12.3. The summed E-state index contributed by atoms with van der Waals surface area (Å²) >= 11 is 0. The van der Waals surface area contributed by atoms with Crippen molar-refractivity contribution in [2.45, 2.75) is 6.61 Å². The lowest BCUT2D eigenvalue weighted by atomic mass is 10.1. The zero-order valence-corrected chi connectivity index (χ0v) is 9.20. The van der Waals surface area contributed by atoms with E-state index in [1.165, 1.54) is 24.3 Å². The van der Waals surface area contributed by atoms with Crippen molar-refractivity contribution < 1.29 is 14.6 Å². The van der Waals surface area contributed by atoms with E-state index in [9.17, 15) is 9.90 Å². The minimum absolute atomic E-state index is 0.158. The summed E-state index contributed by atoms with van der Waals surface area (Å²) in [6.45, 7) is 0.233. The van der Waals surface area contributed by atoms with Crippen molar-refractivity contribution in [2.75, 3.05) is 7.11 Å². The van der Waals surface area contributed by atoms with Crippen LogP contribution in [0.5, 0.6) is 0 Å². The van der Waals surface area contributed by atoms with Crippen LogP contribution in [-0.4, -0.2) is 33.2 Å². The molecule has 17 heavy (non-hydrogen) atoms. The predicted molar refractivity (Wildman–Crippen MR) is 59.0 cm³/mol. The van der Waals surface area contributed by atoms with Gasteiger partial charge >= 0.3 is 5.97 Å². The Hall–Kier alpha value is -2.21. The summed E-state index contributed by atoms with van der Waals surface area (Å²) in [5, 5.41) is 17.1. The second-order valence-corrected chi connectivity index (χ2v) is 3.37. The Labute approximate surface area is 97.4 Å². The van der Waals surface area contributed by atoms with Crippen molar-refractivity contribution in [1.82, 2.24) is 15.0 Å². The van der Waals surface area contributed by atoms with E-state index in [1.807, 2.05) is 0 Å². The van der Waals surface area contributed by atoms with Crippen molar-refractivity contribution in [3.8, 4) is 5.69 Å². The van der Waals surface area contributed by atoms with Crippen LogP contribution >= 0.6 is 0 Å². The monoisotopic (exact) mass is 233 g/mol. The van der Waals surface area contributed by atoms with E-state index in [2.05, 4.69) is 10.2 Å². The number of carboxylic acids is 1. The van der Waals surface area contributed by atoms with Gasteiger partial charge in [-0.1, -0.05) is 12.1 Å². The number of ether oxygens (including phenoxy) is 1. The van der Waals surface area contributed by atoms with Crippen LogP contribution in [-0.2, 0) is 11.3 Å². The number of hydrogen-bond donors (Lipinski definition) is 1. The first kappa shape index (κ1) is 11.3. The van der Waals surface area contributed by atoms with E-state index in [0.717, 1.165) is 0 Å². The highest BCUT2D eigenvalue weighted by molar-refractivity contribution is 5.93. The Morgan fingerprint density at radius 3 is 2.71 bits per heavy atom. The Balaban J connectivity index is 2.59. The minimum atomic E-state index is -1.02. The summed E-state index contributed by atoms with van der Waals surface area (Å²) in [7, 11) is 1.52. The summed E-state index contributed by atoms with van der Waals surface area (Å²) in [5.74, 6) is -1.02. The molecule has 0 fully saturated rings. The first-order valence-electron chi connectivity index (χ1n) is 4.95. The lowest BCUT2D eigenvalue weighted by Gasteiger charge is -2.09. The quantitative estimate of drug-likeness (QED) is 0.855. The van der Waals surface area contributed by atoms with E-state index in [-0.39, 0.29) is 12.2 Å². The van der Waals surface area contributed by atoms with Crippen LogP contribution < -0.4 is 0 Å².